The monoisotopic (exact) mass is 390 g/mol. The van der Waals surface area contributed by atoms with E-state index in [0.717, 1.165) is 12.1 Å². The second-order valence-corrected chi connectivity index (χ2v) is 5.31. The number of nitrogens with zero attached hydrogens (tertiary/aromatic N) is 2. The Morgan fingerprint density at radius 2 is 1.54 bits per heavy atom. The van der Waals surface area contributed by atoms with Crippen molar-refractivity contribution < 1.29 is 32.3 Å². The molecule has 1 aromatic heterocycles. The highest BCUT2D eigenvalue weighted by Crippen LogP contribution is 2.44. The van der Waals surface area contributed by atoms with Crippen LogP contribution in [0.15, 0.2) is 41.1 Å². The molecular weight excluding hydrogens is 374 g/mol. The highest BCUT2D eigenvalue weighted by Gasteiger charge is 2.18. The van der Waals surface area contributed by atoms with E-state index < -0.39 is 17.2 Å². The third kappa shape index (κ3) is 3.73. The Kier molecular flexibility index (Phi) is 5.73. The summed E-state index contributed by atoms with van der Waals surface area (Å²) in [7, 11) is 4.44. The topological polar surface area (TPSA) is 75.8 Å². The number of rotatable bonds is 7. The van der Waals surface area contributed by atoms with Crippen LogP contribution in [0.4, 0.5) is 8.78 Å². The SMILES string of the molecule is COc1ccc(OC=Cc2noc(-c3c(F)cccc3F)n2)c(OC)c1OC. The molecule has 3 rings (SSSR count). The molecule has 0 N–H and O–H groups in total. The molecule has 0 aliphatic heterocycles. The van der Waals surface area contributed by atoms with E-state index in [1.807, 2.05) is 0 Å². The molecule has 0 aliphatic rings. The van der Waals surface area contributed by atoms with Crippen LogP contribution in [0.25, 0.3) is 17.5 Å². The Bertz CT molecular complexity index is 984. The summed E-state index contributed by atoms with van der Waals surface area (Å²) in [6.07, 6.45) is 2.64. The molecule has 0 atom stereocenters. The molecule has 0 radical (unpaired) electrons. The van der Waals surface area contributed by atoms with Crippen molar-refractivity contribution in [2.24, 2.45) is 0 Å². The van der Waals surface area contributed by atoms with Crippen molar-refractivity contribution in [3.8, 4) is 34.5 Å². The first-order chi connectivity index (χ1) is 13.6. The lowest BCUT2D eigenvalue weighted by Gasteiger charge is -2.14. The summed E-state index contributed by atoms with van der Waals surface area (Å²) >= 11 is 0. The summed E-state index contributed by atoms with van der Waals surface area (Å²) in [5, 5.41) is 3.65. The van der Waals surface area contributed by atoms with Gasteiger partial charge in [0.15, 0.2) is 17.3 Å². The van der Waals surface area contributed by atoms with Gasteiger partial charge in [-0.3, -0.25) is 0 Å². The lowest BCUT2D eigenvalue weighted by atomic mass is 10.2. The van der Waals surface area contributed by atoms with Gasteiger partial charge in [0.05, 0.1) is 27.6 Å². The first kappa shape index (κ1) is 19.2. The summed E-state index contributed by atoms with van der Waals surface area (Å²) in [5.41, 5.74) is -0.392. The van der Waals surface area contributed by atoms with Gasteiger partial charge < -0.3 is 23.5 Å². The molecule has 0 saturated carbocycles. The predicted molar refractivity (Wildman–Crippen MR) is 95.4 cm³/mol. The second-order valence-electron chi connectivity index (χ2n) is 5.31. The normalized spacial score (nSPS) is 10.9. The average Bonchev–Trinajstić information content (AvgIpc) is 3.15. The van der Waals surface area contributed by atoms with E-state index in [0.29, 0.717) is 23.0 Å². The Labute approximate surface area is 159 Å². The zero-order chi connectivity index (χ0) is 20.1. The molecule has 0 spiro atoms. The molecule has 0 fully saturated rings. The zero-order valence-corrected chi connectivity index (χ0v) is 15.2. The number of ether oxygens (including phenoxy) is 4. The van der Waals surface area contributed by atoms with E-state index >= 15 is 0 Å². The van der Waals surface area contributed by atoms with E-state index in [1.54, 1.807) is 12.1 Å². The summed E-state index contributed by atoms with van der Waals surface area (Å²) in [4.78, 5) is 3.94. The van der Waals surface area contributed by atoms with Gasteiger partial charge in [-0.1, -0.05) is 11.2 Å². The Balaban J connectivity index is 1.80. The van der Waals surface area contributed by atoms with Crippen molar-refractivity contribution in [1.29, 1.82) is 0 Å². The third-order valence-corrected chi connectivity index (χ3v) is 3.70. The standard InChI is InChI=1S/C19H16F2N2O5/c1-24-13-7-8-14(18(26-3)17(13)25-2)27-10-9-15-22-19(28-23-15)16-11(20)5-4-6-12(16)21/h4-10H,1-3H3. The van der Waals surface area contributed by atoms with Gasteiger partial charge in [0.25, 0.3) is 5.89 Å². The van der Waals surface area contributed by atoms with Gasteiger partial charge in [-0.15, -0.1) is 0 Å². The van der Waals surface area contributed by atoms with Gasteiger partial charge in [0.1, 0.15) is 17.2 Å². The lowest BCUT2D eigenvalue weighted by Crippen LogP contribution is -1.97. The quantitative estimate of drug-likeness (QED) is 0.563. The summed E-state index contributed by atoms with van der Waals surface area (Å²) in [5.74, 6) is -0.292. The molecule has 0 bridgehead atoms. The molecule has 0 saturated heterocycles. The molecule has 28 heavy (non-hydrogen) atoms. The first-order valence-electron chi connectivity index (χ1n) is 7.99. The number of methoxy groups -OCH3 is 3. The van der Waals surface area contributed by atoms with Crippen molar-refractivity contribution in [1.82, 2.24) is 10.1 Å². The highest BCUT2D eigenvalue weighted by atomic mass is 19.1. The minimum Gasteiger partial charge on any atom is -0.493 e. The Morgan fingerprint density at radius 3 is 2.18 bits per heavy atom. The number of hydrogen-bond donors (Lipinski definition) is 0. The van der Waals surface area contributed by atoms with Gasteiger partial charge in [-0.2, -0.15) is 4.98 Å². The van der Waals surface area contributed by atoms with Crippen LogP contribution in [0.5, 0.6) is 23.0 Å². The smallest absolute Gasteiger partial charge is 0.264 e. The molecule has 7 nitrogen and oxygen atoms in total. The molecule has 9 heteroatoms. The van der Waals surface area contributed by atoms with Crippen LogP contribution in [0.3, 0.4) is 0 Å². The number of aromatic nitrogens is 2. The molecule has 3 aromatic rings. The van der Waals surface area contributed by atoms with Crippen molar-refractivity contribution in [2.45, 2.75) is 0 Å². The minimum atomic E-state index is -0.800. The van der Waals surface area contributed by atoms with Gasteiger partial charge in [-0.05, 0) is 24.3 Å². The fourth-order valence-corrected chi connectivity index (χ4v) is 2.44. The number of benzene rings is 2. The van der Waals surface area contributed by atoms with Crippen molar-refractivity contribution in [3.05, 3.63) is 54.1 Å². The molecule has 0 amide bonds. The number of halogens is 2. The van der Waals surface area contributed by atoms with E-state index in [4.69, 9.17) is 23.5 Å². The first-order valence-corrected chi connectivity index (χ1v) is 7.99. The molecule has 0 aliphatic carbocycles. The lowest BCUT2D eigenvalue weighted by molar-refractivity contribution is 0.313. The zero-order valence-electron chi connectivity index (χ0n) is 15.2. The van der Waals surface area contributed by atoms with E-state index in [1.165, 1.54) is 39.7 Å². The van der Waals surface area contributed by atoms with Crippen LogP contribution in [0, 0.1) is 11.6 Å². The Hall–Kier alpha value is -3.62. The van der Waals surface area contributed by atoms with Crippen molar-refractivity contribution >= 4 is 6.08 Å². The second kappa shape index (κ2) is 8.38. The van der Waals surface area contributed by atoms with E-state index in [-0.39, 0.29) is 11.7 Å². The Morgan fingerprint density at radius 1 is 0.893 bits per heavy atom. The third-order valence-electron chi connectivity index (χ3n) is 3.70. The summed E-state index contributed by atoms with van der Waals surface area (Å²) in [6, 6.07) is 6.73. The maximum atomic E-state index is 13.8. The highest BCUT2D eigenvalue weighted by molar-refractivity contribution is 5.60. The van der Waals surface area contributed by atoms with Gasteiger partial charge >= 0.3 is 0 Å². The van der Waals surface area contributed by atoms with Crippen molar-refractivity contribution in [2.75, 3.05) is 21.3 Å². The van der Waals surface area contributed by atoms with Crippen LogP contribution in [-0.2, 0) is 0 Å². The number of hydrogen-bond acceptors (Lipinski definition) is 7. The molecule has 0 unspecified atom stereocenters. The van der Waals surface area contributed by atoms with Crippen LogP contribution in [-0.4, -0.2) is 31.5 Å². The minimum absolute atomic E-state index is 0.0668. The predicted octanol–water partition coefficient (Wildman–Crippen LogP) is 4.09. The van der Waals surface area contributed by atoms with Crippen LogP contribution in [0.2, 0.25) is 0 Å². The maximum absolute atomic E-state index is 13.8. The summed E-state index contributed by atoms with van der Waals surface area (Å²) < 4.78 is 53.8. The molecule has 1 heterocycles. The van der Waals surface area contributed by atoms with E-state index in [9.17, 15) is 8.78 Å². The summed E-state index contributed by atoms with van der Waals surface area (Å²) in [6.45, 7) is 0. The van der Waals surface area contributed by atoms with E-state index in [2.05, 4.69) is 10.1 Å². The fraction of sp³-hybridized carbons (Fsp3) is 0.158. The van der Waals surface area contributed by atoms with Crippen LogP contribution in [0.1, 0.15) is 5.82 Å². The van der Waals surface area contributed by atoms with Gasteiger partial charge in [0, 0.05) is 6.08 Å². The maximum Gasteiger partial charge on any atom is 0.264 e. The van der Waals surface area contributed by atoms with Gasteiger partial charge in [0.2, 0.25) is 11.5 Å². The van der Waals surface area contributed by atoms with Crippen LogP contribution >= 0.6 is 0 Å². The van der Waals surface area contributed by atoms with Crippen LogP contribution < -0.4 is 18.9 Å². The molecule has 2 aromatic carbocycles. The molecule has 146 valence electrons. The fourth-order valence-electron chi connectivity index (χ4n) is 2.44. The largest absolute Gasteiger partial charge is 0.493 e. The van der Waals surface area contributed by atoms with Crippen molar-refractivity contribution in [3.63, 3.8) is 0 Å². The molecular formula is C19H16F2N2O5. The van der Waals surface area contributed by atoms with Gasteiger partial charge in [-0.25, -0.2) is 8.78 Å². The average molecular weight is 390 g/mol.